The van der Waals surface area contributed by atoms with E-state index in [1.54, 1.807) is 12.1 Å². The van der Waals surface area contributed by atoms with Crippen LogP contribution in [0.4, 0.5) is 10.1 Å². The summed E-state index contributed by atoms with van der Waals surface area (Å²) in [5.41, 5.74) is 8.64. The number of rotatable bonds is 4. The Morgan fingerprint density at radius 2 is 1.94 bits per heavy atom. The van der Waals surface area contributed by atoms with Gasteiger partial charge in [0.1, 0.15) is 5.82 Å². The molecule has 0 heterocycles. The van der Waals surface area contributed by atoms with Crippen molar-refractivity contribution >= 4 is 5.69 Å². The molecular formula is C15H17FN2. The molecule has 0 aliphatic carbocycles. The summed E-state index contributed by atoms with van der Waals surface area (Å²) in [6, 6.07) is 14.5. The highest BCUT2D eigenvalue weighted by atomic mass is 19.1. The largest absolute Gasteiger partial charge is 0.398 e. The van der Waals surface area contributed by atoms with E-state index in [0.717, 1.165) is 16.8 Å². The molecule has 18 heavy (non-hydrogen) atoms. The number of nitrogens with one attached hydrogen (secondary N) is 1. The number of nitrogen functional groups attached to an aromatic ring is 1. The van der Waals surface area contributed by atoms with Gasteiger partial charge in [0, 0.05) is 18.3 Å². The zero-order valence-corrected chi connectivity index (χ0v) is 10.4. The minimum absolute atomic E-state index is 0.0836. The van der Waals surface area contributed by atoms with E-state index in [-0.39, 0.29) is 11.9 Å². The minimum Gasteiger partial charge on any atom is -0.398 e. The Balaban J connectivity index is 2.00. The average Bonchev–Trinajstić information content (AvgIpc) is 2.37. The van der Waals surface area contributed by atoms with E-state index in [2.05, 4.69) is 5.32 Å². The summed E-state index contributed by atoms with van der Waals surface area (Å²) in [7, 11) is 0. The van der Waals surface area contributed by atoms with Crippen molar-refractivity contribution in [1.29, 1.82) is 0 Å². The van der Waals surface area contributed by atoms with Gasteiger partial charge in [0.2, 0.25) is 0 Å². The SMILES string of the molecule is C[C@H](NCc1ccccc1N)c1cccc(F)c1. The molecule has 2 aromatic rings. The molecule has 0 amide bonds. The molecule has 0 spiro atoms. The topological polar surface area (TPSA) is 38.0 Å². The molecule has 0 fully saturated rings. The van der Waals surface area contributed by atoms with Crippen LogP contribution in [0.5, 0.6) is 0 Å². The Bertz CT molecular complexity index is 525. The lowest BCUT2D eigenvalue weighted by atomic mass is 10.1. The first-order chi connectivity index (χ1) is 8.66. The number of hydrogen-bond acceptors (Lipinski definition) is 2. The fourth-order valence-corrected chi connectivity index (χ4v) is 1.85. The monoisotopic (exact) mass is 244 g/mol. The normalized spacial score (nSPS) is 12.3. The zero-order chi connectivity index (χ0) is 13.0. The Kier molecular flexibility index (Phi) is 3.95. The van der Waals surface area contributed by atoms with Crippen molar-refractivity contribution in [2.75, 3.05) is 5.73 Å². The van der Waals surface area contributed by atoms with Gasteiger partial charge in [-0.1, -0.05) is 30.3 Å². The standard InChI is InChI=1S/C15H17FN2/c1-11(12-6-4-7-14(16)9-12)18-10-13-5-2-3-8-15(13)17/h2-9,11,18H,10,17H2,1H3/t11-/m0/s1. The fourth-order valence-electron chi connectivity index (χ4n) is 1.85. The second kappa shape index (κ2) is 5.65. The molecule has 0 saturated carbocycles. The minimum atomic E-state index is -0.208. The molecule has 2 nitrogen and oxygen atoms in total. The number of benzene rings is 2. The van der Waals surface area contributed by atoms with E-state index in [1.165, 1.54) is 6.07 Å². The first-order valence-corrected chi connectivity index (χ1v) is 5.99. The maximum atomic E-state index is 13.1. The maximum Gasteiger partial charge on any atom is 0.123 e. The fraction of sp³-hybridized carbons (Fsp3) is 0.200. The second-order valence-corrected chi connectivity index (χ2v) is 4.36. The molecule has 2 aromatic carbocycles. The van der Waals surface area contributed by atoms with Gasteiger partial charge >= 0.3 is 0 Å². The van der Waals surface area contributed by atoms with Crippen LogP contribution in [0, 0.1) is 5.82 Å². The van der Waals surface area contributed by atoms with E-state index in [0.29, 0.717) is 6.54 Å². The third-order valence-electron chi connectivity index (χ3n) is 3.00. The predicted octanol–water partition coefficient (Wildman–Crippen LogP) is 3.26. The van der Waals surface area contributed by atoms with E-state index >= 15 is 0 Å². The summed E-state index contributed by atoms with van der Waals surface area (Å²) in [6.45, 7) is 2.68. The van der Waals surface area contributed by atoms with Crippen LogP contribution in [0.15, 0.2) is 48.5 Å². The summed E-state index contributed by atoms with van der Waals surface area (Å²) in [6.07, 6.45) is 0. The lowest BCUT2D eigenvalue weighted by Gasteiger charge is -2.15. The maximum absolute atomic E-state index is 13.1. The first kappa shape index (κ1) is 12.6. The molecule has 0 aliphatic heterocycles. The number of halogens is 1. The molecule has 0 radical (unpaired) electrons. The van der Waals surface area contributed by atoms with Gasteiger partial charge in [-0.05, 0) is 36.2 Å². The molecule has 0 aromatic heterocycles. The first-order valence-electron chi connectivity index (χ1n) is 5.99. The highest BCUT2D eigenvalue weighted by Gasteiger charge is 2.06. The van der Waals surface area contributed by atoms with E-state index in [1.807, 2.05) is 37.3 Å². The summed E-state index contributed by atoms with van der Waals surface area (Å²) >= 11 is 0. The third kappa shape index (κ3) is 3.08. The van der Waals surface area contributed by atoms with Gasteiger partial charge in [-0.25, -0.2) is 4.39 Å². The van der Waals surface area contributed by atoms with Crippen LogP contribution in [-0.4, -0.2) is 0 Å². The van der Waals surface area contributed by atoms with Gasteiger partial charge in [0.05, 0.1) is 0 Å². The Morgan fingerprint density at radius 1 is 1.17 bits per heavy atom. The lowest BCUT2D eigenvalue weighted by Crippen LogP contribution is -2.18. The highest BCUT2D eigenvalue weighted by Crippen LogP contribution is 2.16. The molecular weight excluding hydrogens is 227 g/mol. The number of para-hydroxylation sites is 1. The Labute approximate surface area is 107 Å². The van der Waals surface area contributed by atoms with Crippen LogP contribution >= 0.6 is 0 Å². The second-order valence-electron chi connectivity index (χ2n) is 4.36. The summed E-state index contributed by atoms with van der Waals surface area (Å²) in [4.78, 5) is 0. The lowest BCUT2D eigenvalue weighted by molar-refractivity contribution is 0.565. The number of hydrogen-bond donors (Lipinski definition) is 2. The van der Waals surface area contributed by atoms with E-state index < -0.39 is 0 Å². The summed E-state index contributed by atoms with van der Waals surface area (Å²) in [5, 5.41) is 3.34. The number of nitrogens with two attached hydrogens (primary N) is 1. The molecule has 1 atom stereocenters. The third-order valence-corrected chi connectivity index (χ3v) is 3.00. The van der Waals surface area contributed by atoms with Crippen molar-refractivity contribution < 1.29 is 4.39 Å². The molecule has 0 bridgehead atoms. The molecule has 2 rings (SSSR count). The van der Waals surface area contributed by atoms with Crippen molar-refractivity contribution in [3.8, 4) is 0 Å². The van der Waals surface area contributed by atoms with Crippen molar-refractivity contribution in [2.45, 2.75) is 19.5 Å². The van der Waals surface area contributed by atoms with Crippen LogP contribution in [-0.2, 0) is 6.54 Å². The average molecular weight is 244 g/mol. The quantitative estimate of drug-likeness (QED) is 0.810. The predicted molar refractivity (Wildman–Crippen MR) is 72.5 cm³/mol. The molecule has 3 heteroatoms. The van der Waals surface area contributed by atoms with E-state index in [4.69, 9.17) is 5.73 Å². The van der Waals surface area contributed by atoms with Crippen LogP contribution < -0.4 is 11.1 Å². The van der Waals surface area contributed by atoms with Crippen LogP contribution in [0.3, 0.4) is 0 Å². The van der Waals surface area contributed by atoms with Crippen molar-refractivity contribution in [3.63, 3.8) is 0 Å². The van der Waals surface area contributed by atoms with Gasteiger partial charge in [-0.15, -0.1) is 0 Å². The van der Waals surface area contributed by atoms with Crippen LogP contribution in [0.25, 0.3) is 0 Å². The Morgan fingerprint density at radius 3 is 2.67 bits per heavy atom. The van der Waals surface area contributed by atoms with Gasteiger partial charge in [0.25, 0.3) is 0 Å². The summed E-state index contributed by atoms with van der Waals surface area (Å²) < 4.78 is 13.1. The molecule has 3 N–H and O–H groups in total. The Hall–Kier alpha value is -1.87. The van der Waals surface area contributed by atoms with Crippen molar-refractivity contribution in [3.05, 3.63) is 65.5 Å². The number of anilines is 1. The summed E-state index contributed by atoms with van der Waals surface area (Å²) in [5.74, 6) is -0.208. The van der Waals surface area contributed by atoms with Crippen molar-refractivity contribution in [2.24, 2.45) is 0 Å². The van der Waals surface area contributed by atoms with Gasteiger partial charge < -0.3 is 11.1 Å². The van der Waals surface area contributed by atoms with Gasteiger partial charge in [0.15, 0.2) is 0 Å². The van der Waals surface area contributed by atoms with Crippen molar-refractivity contribution in [1.82, 2.24) is 5.32 Å². The van der Waals surface area contributed by atoms with E-state index in [9.17, 15) is 4.39 Å². The smallest absolute Gasteiger partial charge is 0.123 e. The molecule has 0 saturated heterocycles. The highest BCUT2D eigenvalue weighted by molar-refractivity contribution is 5.46. The molecule has 94 valence electrons. The molecule has 0 unspecified atom stereocenters. The molecule has 0 aliphatic rings. The van der Waals surface area contributed by atoms with Crippen LogP contribution in [0.2, 0.25) is 0 Å². The van der Waals surface area contributed by atoms with Crippen LogP contribution in [0.1, 0.15) is 24.1 Å². The zero-order valence-electron chi connectivity index (χ0n) is 10.4. The van der Waals surface area contributed by atoms with Gasteiger partial charge in [-0.2, -0.15) is 0 Å². The van der Waals surface area contributed by atoms with Gasteiger partial charge in [-0.3, -0.25) is 0 Å².